The minimum atomic E-state index is -3.42. The van der Waals surface area contributed by atoms with Gasteiger partial charge in [0.2, 0.25) is 15.9 Å². The number of amides is 1. The van der Waals surface area contributed by atoms with Crippen molar-refractivity contribution in [2.24, 2.45) is 0 Å². The average molecular weight is 429 g/mol. The molecular formula is C22H24N2O5S. The average Bonchev–Trinajstić information content (AvgIpc) is 3.32. The van der Waals surface area contributed by atoms with Gasteiger partial charge in [-0.05, 0) is 54.3 Å². The van der Waals surface area contributed by atoms with Crippen molar-refractivity contribution in [1.29, 1.82) is 0 Å². The van der Waals surface area contributed by atoms with Gasteiger partial charge in [-0.25, -0.2) is 8.42 Å². The lowest BCUT2D eigenvalue weighted by molar-refractivity contribution is -0.116. The normalized spacial score (nSPS) is 16.7. The molecule has 2 aliphatic rings. The van der Waals surface area contributed by atoms with Gasteiger partial charge in [-0.3, -0.25) is 4.79 Å². The molecule has 1 fully saturated rings. The number of hydrogen-bond donors (Lipinski definition) is 1. The number of sulfonamides is 1. The van der Waals surface area contributed by atoms with Gasteiger partial charge in [-0.1, -0.05) is 18.2 Å². The van der Waals surface area contributed by atoms with E-state index in [0.29, 0.717) is 44.3 Å². The molecule has 7 nitrogen and oxygen atoms in total. The summed E-state index contributed by atoms with van der Waals surface area (Å²) in [4.78, 5) is 12.4. The van der Waals surface area contributed by atoms with Crippen LogP contribution in [-0.4, -0.2) is 44.9 Å². The van der Waals surface area contributed by atoms with Crippen molar-refractivity contribution in [3.8, 4) is 11.5 Å². The molecule has 4 rings (SSSR count). The predicted octanol–water partition coefficient (Wildman–Crippen LogP) is 2.57. The fraction of sp³-hybridized carbons (Fsp3) is 0.318. The Labute approximate surface area is 176 Å². The molecule has 158 valence electrons. The highest BCUT2D eigenvalue weighted by molar-refractivity contribution is 7.89. The molecule has 1 amide bonds. The monoisotopic (exact) mass is 428 g/mol. The molecule has 0 saturated carbocycles. The zero-order valence-electron chi connectivity index (χ0n) is 16.5. The van der Waals surface area contributed by atoms with E-state index in [9.17, 15) is 13.2 Å². The summed E-state index contributed by atoms with van der Waals surface area (Å²) in [5.41, 5.74) is 1.67. The van der Waals surface area contributed by atoms with Gasteiger partial charge in [0.15, 0.2) is 11.5 Å². The Bertz CT molecular complexity index is 1040. The molecular weight excluding hydrogens is 404 g/mol. The second-order valence-corrected chi connectivity index (χ2v) is 9.15. The molecule has 0 spiro atoms. The largest absolute Gasteiger partial charge is 0.486 e. The van der Waals surface area contributed by atoms with Gasteiger partial charge in [-0.15, -0.1) is 0 Å². The smallest absolute Gasteiger partial charge is 0.244 e. The van der Waals surface area contributed by atoms with Crippen LogP contribution >= 0.6 is 0 Å². The van der Waals surface area contributed by atoms with Crippen LogP contribution in [-0.2, 0) is 21.4 Å². The summed E-state index contributed by atoms with van der Waals surface area (Å²) >= 11 is 0. The van der Waals surface area contributed by atoms with Crippen molar-refractivity contribution in [3.63, 3.8) is 0 Å². The predicted molar refractivity (Wildman–Crippen MR) is 113 cm³/mol. The van der Waals surface area contributed by atoms with Crippen molar-refractivity contribution in [3.05, 3.63) is 59.7 Å². The Morgan fingerprint density at radius 1 is 1.00 bits per heavy atom. The quantitative estimate of drug-likeness (QED) is 0.715. The Morgan fingerprint density at radius 2 is 1.70 bits per heavy atom. The van der Waals surface area contributed by atoms with E-state index in [0.717, 1.165) is 24.0 Å². The van der Waals surface area contributed by atoms with E-state index in [-0.39, 0.29) is 10.8 Å². The first-order valence-corrected chi connectivity index (χ1v) is 11.4. The van der Waals surface area contributed by atoms with Gasteiger partial charge < -0.3 is 14.8 Å². The molecule has 1 saturated heterocycles. The van der Waals surface area contributed by atoms with E-state index >= 15 is 0 Å². The first-order chi connectivity index (χ1) is 14.5. The summed E-state index contributed by atoms with van der Waals surface area (Å²) in [6.45, 7) is 2.52. The summed E-state index contributed by atoms with van der Waals surface area (Å²) in [5, 5.41) is 2.80. The molecule has 0 bridgehead atoms. The van der Waals surface area contributed by atoms with Crippen molar-refractivity contribution >= 4 is 22.0 Å². The first kappa shape index (κ1) is 20.4. The summed E-state index contributed by atoms with van der Waals surface area (Å²) in [6.07, 6.45) is 4.98. The molecule has 2 aromatic rings. The molecule has 2 heterocycles. The summed E-state index contributed by atoms with van der Waals surface area (Å²) < 4.78 is 37.6. The number of hydrogen-bond acceptors (Lipinski definition) is 5. The third kappa shape index (κ3) is 4.66. The van der Waals surface area contributed by atoms with E-state index in [2.05, 4.69) is 5.32 Å². The number of fused-ring (bicyclic) bond motifs is 1. The molecule has 0 aromatic heterocycles. The van der Waals surface area contributed by atoms with Crippen LogP contribution in [0.4, 0.5) is 0 Å². The van der Waals surface area contributed by atoms with Gasteiger partial charge in [0.25, 0.3) is 0 Å². The van der Waals surface area contributed by atoms with Gasteiger partial charge in [0.1, 0.15) is 13.2 Å². The molecule has 30 heavy (non-hydrogen) atoms. The van der Waals surface area contributed by atoms with Crippen molar-refractivity contribution in [2.75, 3.05) is 26.3 Å². The van der Waals surface area contributed by atoms with Crippen LogP contribution in [0.5, 0.6) is 11.5 Å². The molecule has 0 radical (unpaired) electrons. The number of rotatable bonds is 6. The van der Waals surface area contributed by atoms with Crippen LogP contribution in [0.1, 0.15) is 24.0 Å². The molecule has 2 aromatic carbocycles. The zero-order valence-corrected chi connectivity index (χ0v) is 17.4. The van der Waals surface area contributed by atoms with Crippen LogP contribution < -0.4 is 14.8 Å². The fourth-order valence-corrected chi connectivity index (χ4v) is 4.96. The topological polar surface area (TPSA) is 84.9 Å². The van der Waals surface area contributed by atoms with Crippen LogP contribution in [0.25, 0.3) is 6.08 Å². The lowest BCUT2D eigenvalue weighted by Gasteiger charge is -2.18. The molecule has 0 aliphatic carbocycles. The molecule has 1 N–H and O–H groups in total. The lowest BCUT2D eigenvalue weighted by Crippen LogP contribution is -2.27. The molecule has 0 atom stereocenters. The van der Waals surface area contributed by atoms with Crippen LogP contribution in [0.3, 0.4) is 0 Å². The Morgan fingerprint density at radius 3 is 2.43 bits per heavy atom. The SMILES string of the molecule is O=C(C=Cc1ccc2c(c1)OCCO2)NCc1ccc(S(=O)(=O)N2CCCC2)cc1. The molecule has 2 aliphatic heterocycles. The Kier molecular flexibility index (Phi) is 6.06. The van der Waals surface area contributed by atoms with Crippen molar-refractivity contribution in [2.45, 2.75) is 24.3 Å². The minimum absolute atomic E-state index is 0.237. The number of benzene rings is 2. The van der Waals surface area contributed by atoms with E-state index in [1.807, 2.05) is 18.2 Å². The summed E-state index contributed by atoms with van der Waals surface area (Å²) in [6, 6.07) is 12.2. The number of nitrogens with one attached hydrogen (secondary N) is 1. The van der Waals surface area contributed by atoms with Crippen molar-refractivity contribution in [1.82, 2.24) is 9.62 Å². The number of carbonyl (C=O) groups excluding carboxylic acids is 1. The number of carbonyl (C=O) groups is 1. The maximum Gasteiger partial charge on any atom is 0.244 e. The second kappa shape index (κ2) is 8.89. The van der Waals surface area contributed by atoms with E-state index in [1.54, 1.807) is 30.3 Å². The maximum atomic E-state index is 12.6. The number of nitrogens with zero attached hydrogens (tertiary/aromatic N) is 1. The third-order valence-corrected chi connectivity index (χ3v) is 7.00. The zero-order chi connectivity index (χ0) is 21.0. The van der Waals surface area contributed by atoms with Crippen molar-refractivity contribution < 1.29 is 22.7 Å². The van der Waals surface area contributed by atoms with Crippen LogP contribution in [0.15, 0.2) is 53.4 Å². The highest BCUT2D eigenvalue weighted by atomic mass is 32.2. The van der Waals surface area contributed by atoms with Gasteiger partial charge in [0.05, 0.1) is 4.90 Å². The van der Waals surface area contributed by atoms with Crippen LogP contribution in [0, 0.1) is 0 Å². The third-order valence-electron chi connectivity index (χ3n) is 5.09. The first-order valence-electron chi connectivity index (χ1n) is 9.97. The summed E-state index contributed by atoms with van der Waals surface area (Å²) in [5.74, 6) is 1.14. The molecule has 8 heteroatoms. The Hall–Kier alpha value is -2.84. The maximum absolute atomic E-state index is 12.6. The fourth-order valence-electron chi connectivity index (χ4n) is 3.44. The Balaban J connectivity index is 1.32. The lowest BCUT2D eigenvalue weighted by atomic mass is 10.1. The van der Waals surface area contributed by atoms with E-state index in [4.69, 9.17) is 9.47 Å². The summed E-state index contributed by atoms with van der Waals surface area (Å²) in [7, 11) is -3.42. The second-order valence-electron chi connectivity index (χ2n) is 7.21. The molecule has 0 unspecified atom stereocenters. The van der Waals surface area contributed by atoms with Gasteiger partial charge in [-0.2, -0.15) is 4.31 Å². The van der Waals surface area contributed by atoms with E-state index < -0.39 is 10.0 Å². The highest BCUT2D eigenvalue weighted by Gasteiger charge is 2.26. The number of ether oxygens (including phenoxy) is 2. The van der Waals surface area contributed by atoms with Gasteiger partial charge >= 0.3 is 0 Å². The van der Waals surface area contributed by atoms with Crippen LogP contribution in [0.2, 0.25) is 0 Å². The minimum Gasteiger partial charge on any atom is -0.486 e. The standard InChI is InChI=1S/C22H24N2O5S/c25-22(10-6-17-5-9-20-21(15-17)29-14-13-28-20)23-16-18-3-7-19(8-4-18)30(26,27)24-11-1-2-12-24/h3-10,15H,1-2,11-14,16H2,(H,23,25). The van der Waals surface area contributed by atoms with Gasteiger partial charge in [0, 0.05) is 25.7 Å². The highest BCUT2D eigenvalue weighted by Crippen LogP contribution is 2.31. The van der Waals surface area contributed by atoms with E-state index in [1.165, 1.54) is 10.4 Å².